The van der Waals surface area contributed by atoms with Crippen LogP contribution in [0.3, 0.4) is 0 Å². The molecule has 0 aliphatic rings. The van der Waals surface area contributed by atoms with Crippen LogP contribution in [0, 0.1) is 5.82 Å². The molecule has 0 saturated carbocycles. The van der Waals surface area contributed by atoms with Gasteiger partial charge in [0.1, 0.15) is 5.82 Å². The number of ether oxygens (including phenoxy) is 1. The van der Waals surface area contributed by atoms with Gasteiger partial charge < -0.3 is 15.8 Å². The predicted molar refractivity (Wildman–Crippen MR) is 79.8 cm³/mol. The van der Waals surface area contributed by atoms with E-state index in [0.29, 0.717) is 30.0 Å². The van der Waals surface area contributed by atoms with Gasteiger partial charge in [0.05, 0.1) is 18.4 Å². The number of para-hydroxylation sites is 1. The lowest BCUT2D eigenvalue weighted by Crippen LogP contribution is -2.26. The Morgan fingerprint density at radius 3 is 2.62 bits per heavy atom. The molecule has 3 N–H and O–H groups in total. The van der Waals surface area contributed by atoms with Crippen molar-refractivity contribution in [3.63, 3.8) is 0 Å². The van der Waals surface area contributed by atoms with E-state index in [2.05, 4.69) is 5.32 Å². The number of hydrogen-bond acceptors (Lipinski definition) is 3. The fourth-order valence-corrected chi connectivity index (χ4v) is 2.03. The molecule has 0 saturated heterocycles. The van der Waals surface area contributed by atoms with Gasteiger partial charge in [-0.15, -0.1) is 0 Å². The van der Waals surface area contributed by atoms with Gasteiger partial charge in [-0.05, 0) is 36.2 Å². The minimum absolute atomic E-state index is 0.249. The van der Waals surface area contributed by atoms with E-state index in [0.717, 1.165) is 5.56 Å². The first-order valence-electron chi connectivity index (χ1n) is 6.57. The fourth-order valence-electron chi connectivity index (χ4n) is 2.03. The van der Waals surface area contributed by atoms with E-state index < -0.39 is 0 Å². The van der Waals surface area contributed by atoms with Crippen molar-refractivity contribution in [2.45, 2.75) is 6.42 Å². The summed E-state index contributed by atoms with van der Waals surface area (Å²) < 4.78 is 17.9. The molecule has 21 heavy (non-hydrogen) atoms. The first-order valence-corrected chi connectivity index (χ1v) is 6.57. The second kappa shape index (κ2) is 6.74. The van der Waals surface area contributed by atoms with E-state index in [1.807, 2.05) is 0 Å². The molecule has 0 aliphatic carbocycles. The average Bonchev–Trinajstić information content (AvgIpc) is 2.49. The largest absolute Gasteiger partial charge is 0.494 e. The zero-order valence-corrected chi connectivity index (χ0v) is 11.7. The first kappa shape index (κ1) is 14.8. The molecule has 0 spiro atoms. The number of carbonyl (C=O) groups excluding carboxylic acids is 1. The Morgan fingerprint density at radius 1 is 1.24 bits per heavy atom. The molecule has 0 aliphatic heterocycles. The molecule has 0 bridgehead atoms. The fraction of sp³-hybridized carbons (Fsp3) is 0.188. The minimum Gasteiger partial charge on any atom is -0.494 e. The van der Waals surface area contributed by atoms with Gasteiger partial charge in [-0.2, -0.15) is 0 Å². The maximum Gasteiger partial charge on any atom is 0.255 e. The monoisotopic (exact) mass is 288 g/mol. The number of nitrogens with two attached hydrogens (primary N) is 1. The van der Waals surface area contributed by atoms with Crippen molar-refractivity contribution >= 4 is 11.6 Å². The summed E-state index contributed by atoms with van der Waals surface area (Å²) in [4.78, 5) is 12.1. The van der Waals surface area contributed by atoms with Crippen LogP contribution < -0.4 is 15.8 Å². The number of nitrogens with one attached hydrogen (secondary N) is 1. The zero-order valence-electron chi connectivity index (χ0n) is 11.7. The molecule has 1 amide bonds. The highest BCUT2D eigenvalue weighted by Gasteiger charge is 2.13. The number of rotatable bonds is 5. The van der Waals surface area contributed by atoms with Crippen molar-refractivity contribution in [3.05, 3.63) is 59.4 Å². The van der Waals surface area contributed by atoms with Gasteiger partial charge in [0.2, 0.25) is 0 Å². The zero-order chi connectivity index (χ0) is 15.2. The van der Waals surface area contributed by atoms with Crippen molar-refractivity contribution < 1.29 is 13.9 Å². The minimum atomic E-state index is -0.271. The summed E-state index contributed by atoms with van der Waals surface area (Å²) in [5.41, 5.74) is 7.54. The maximum atomic E-state index is 12.8. The van der Waals surface area contributed by atoms with Crippen molar-refractivity contribution in [1.82, 2.24) is 5.32 Å². The smallest absolute Gasteiger partial charge is 0.255 e. The van der Waals surface area contributed by atoms with E-state index >= 15 is 0 Å². The molecule has 0 radical (unpaired) electrons. The Labute approximate surface area is 122 Å². The molecule has 0 atom stereocenters. The van der Waals surface area contributed by atoms with Gasteiger partial charge in [-0.1, -0.05) is 18.2 Å². The molecule has 0 unspecified atom stereocenters. The lowest BCUT2D eigenvalue weighted by atomic mass is 10.1. The Bertz CT molecular complexity index is 627. The van der Waals surface area contributed by atoms with Crippen molar-refractivity contribution in [1.29, 1.82) is 0 Å². The summed E-state index contributed by atoms with van der Waals surface area (Å²) in [5.74, 6) is -0.148. The van der Waals surface area contributed by atoms with Gasteiger partial charge in [-0.3, -0.25) is 4.79 Å². The topological polar surface area (TPSA) is 64.3 Å². The van der Waals surface area contributed by atoms with E-state index in [1.54, 1.807) is 30.3 Å². The van der Waals surface area contributed by atoms with E-state index in [4.69, 9.17) is 10.5 Å². The standard InChI is InChI=1S/C16H17FN2O2/c1-21-15-13(3-2-4-14(15)18)16(20)19-10-9-11-5-7-12(17)8-6-11/h2-8H,9-10,18H2,1H3,(H,19,20). The van der Waals surface area contributed by atoms with Gasteiger partial charge in [0, 0.05) is 6.54 Å². The molecule has 0 heterocycles. The lowest BCUT2D eigenvalue weighted by Gasteiger charge is -2.11. The molecule has 2 rings (SSSR count). The second-order valence-electron chi connectivity index (χ2n) is 4.56. The van der Waals surface area contributed by atoms with Gasteiger partial charge in [0.15, 0.2) is 5.75 Å². The van der Waals surface area contributed by atoms with Crippen LogP contribution >= 0.6 is 0 Å². The third-order valence-electron chi connectivity index (χ3n) is 3.11. The Kier molecular flexibility index (Phi) is 4.77. The average molecular weight is 288 g/mol. The third-order valence-corrected chi connectivity index (χ3v) is 3.11. The molecule has 4 nitrogen and oxygen atoms in total. The first-order chi connectivity index (χ1) is 10.1. The molecule has 5 heteroatoms. The van der Waals surface area contributed by atoms with Gasteiger partial charge >= 0.3 is 0 Å². The van der Waals surface area contributed by atoms with E-state index in [1.165, 1.54) is 19.2 Å². The number of carbonyl (C=O) groups is 1. The summed E-state index contributed by atoms with van der Waals surface area (Å²) in [6.45, 7) is 0.447. The second-order valence-corrected chi connectivity index (χ2v) is 4.56. The highest BCUT2D eigenvalue weighted by atomic mass is 19.1. The number of benzene rings is 2. The number of halogens is 1. The molecule has 110 valence electrons. The highest BCUT2D eigenvalue weighted by Crippen LogP contribution is 2.25. The Balaban J connectivity index is 1.96. The molecule has 2 aromatic rings. The highest BCUT2D eigenvalue weighted by molar-refractivity contribution is 5.98. The molecule has 0 fully saturated rings. The number of nitrogen functional groups attached to an aromatic ring is 1. The predicted octanol–water partition coefficient (Wildman–Crippen LogP) is 2.39. The molecular weight excluding hydrogens is 271 g/mol. The van der Waals surface area contributed by atoms with Crippen LogP contribution in [-0.4, -0.2) is 19.6 Å². The van der Waals surface area contributed by atoms with Crippen LogP contribution in [0.2, 0.25) is 0 Å². The van der Waals surface area contributed by atoms with E-state index in [-0.39, 0.29) is 11.7 Å². The molecular formula is C16H17FN2O2. The third kappa shape index (κ3) is 3.72. The Morgan fingerprint density at radius 2 is 1.95 bits per heavy atom. The Hall–Kier alpha value is -2.56. The van der Waals surface area contributed by atoms with Gasteiger partial charge in [-0.25, -0.2) is 4.39 Å². The molecule has 2 aromatic carbocycles. The summed E-state index contributed by atoms with van der Waals surface area (Å²) in [5, 5.41) is 2.80. The quantitative estimate of drug-likeness (QED) is 0.830. The van der Waals surface area contributed by atoms with Gasteiger partial charge in [0.25, 0.3) is 5.91 Å². The van der Waals surface area contributed by atoms with Crippen molar-refractivity contribution in [2.24, 2.45) is 0 Å². The summed E-state index contributed by atoms with van der Waals surface area (Å²) in [6.07, 6.45) is 0.622. The number of hydrogen-bond donors (Lipinski definition) is 2. The van der Waals surface area contributed by atoms with Crippen LogP contribution in [0.15, 0.2) is 42.5 Å². The van der Waals surface area contributed by atoms with Crippen LogP contribution in [-0.2, 0) is 6.42 Å². The van der Waals surface area contributed by atoms with Crippen LogP contribution in [0.4, 0.5) is 10.1 Å². The van der Waals surface area contributed by atoms with Crippen molar-refractivity contribution in [3.8, 4) is 5.75 Å². The van der Waals surface area contributed by atoms with Crippen molar-refractivity contribution in [2.75, 3.05) is 19.4 Å². The SMILES string of the molecule is COc1c(N)cccc1C(=O)NCCc1ccc(F)cc1. The summed E-state index contributed by atoms with van der Waals surface area (Å²) >= 11 is 0. The normalized spacial score (nSPS) is 10.2. The number of amides is 1. The number of methoxy groups -OCH3 is 1. The van der Waals surface area contributed by atoms with Crippen LogP contribution in [0.5, 0.6) is 5.75 Å². The summed E-state index contributed by atoms with van der Waals surface area (Å²) in [7, 11) is 1.47. The number of anilines is 1. The lowest BCUT2D eigenvalue weighted by molar-refractivity contribution is 0.0951. The van der Waals surface area contributed by atoms with E-state index in [9.17, 15) is 9.18 Å². The van der Waals surface area contributed by atoms with Crippen LogP contribution in [0.25, 0.3) is 0 Å². The van der Waals surface area contributed by atoms with Crippen LogP contribution in [0.1, 0.15) is 15.9 Å². The molecule has 0 aromatic heterocycles. The maximum absolute atomic E-state index is 12.8. The summed E-state index contributed by atoms with van der Waals surface area (Å²) in [6, 6.07) is 11.2.